The zero-order valence-corrected chi connectivity index (χ0v) is 11.3. The number of fused-ring (bicyclic) bond motifs is 1. The molecule has 0 saturated heterocycles. The third-order valence-corrected chi connectivity index (χ3v) is 4.91. The first kappa shape index (κ1) is 11.9. The molecule has 2 atom stereocenters. The largest absolute Gasteiger partial charge is 0.140 e. The predicted molar refractivity (Wildman–Crippen MR) is 74.8 cm³/mol. The van der Waals surface area contributed by atoms with E-state index in [1.807, 2.05) is 11.3 Å². The van der Waals surface area contributed by atoms with Crippen molar-refractivity contribution in [2.45, 2.75) is 38.0 Å². The van der Waals surface area contributed by atoms with Gasteiger partial charge in [0.2, 0.25) is 0 Å². The number of halogens is 1. The average Bonchev–Trinajstić information content (AvgIpc) is 2.71. The summed E-state index contributed by atoms with van der Waals surface area (Å²) in [7, 11) is 0. The van der Waals surface area contributed by atoms with Gasteiger partial charge in [-0.2, -0.15) is 0 Å². The summed E-state index contributed by atoms with van der Waals surface area (Å²) in [6.07, 6.45) is 2.25. The van der Waals surface area contributed by atoms with Crippen LogP contribution in [0.25, 0.3) is 10.1 Å². The maximum absolute atomic E-state index is 6.40. The fourth-order valence-electron chi connectivity index (χ4n) is 1.93. The SMILES string of the molecule is CCCC(Cl)C(C)c1cc2ccccc2s1. The Morgan fingerprint density at radius 1 is 1.31 bits per heavy atom. The van der Waals surface area contributed by atoms with Crippen LogP contribution in [0, 0.1) is 0 Å². The van der Waals surface area contributed by atoms with E-state index >= 15 is 0 Å². The molecule has 1 aromatic heterocycles. The highest BCUT2D eigenvalue weighted by Crippen LogP contribution is 2.35. The van der Waals surface area contributed by atoms with Crippen LogP contribution in [0.15, 0.2) is 30.3 Å². The molecule has 0 aliphatic heterocycles. The lowest BCUT2D eigenvalue weighted by atomic mass is 10.0. The lowest BCUT2D eigenvalue weighted by Crippen LogP contribution is -2.07. The van der Waals surface area contributed by atoms with E-state index in [1.54, 1.807) is 0 Å². The molecule has 16 heavy (non-hydrogen) atoms. The van der Waals surface area contributed by atoms with Crippen LogP contribution in [-0.2, 0) is 0 Å². The second-order valence-electron chi connectivity index (χ2n) is 4.28. The van der Waals surface area contributed by atoms with Crippen molar-refractivity contribution in [3.8, 4) is 0 Å². The summed E-state index contributed by atoms with van der Waals surface area (Å²) in [5, 5.41) is 1.60. The monoisotopic (exact) mass is 252 g/mol. The average molecular weight is 253 g/mol. The smallest absolute Gasteiger partial charge is 0.0409 e. The van der Waals surface area contributed by atoms with Crippen molar-refractivity contribution in [2.75, 3.05) is 0 Å². The molecule has 0 amide bonds. The summed E-state index contributed by atoms with van der Waals surface area (Å²) < 4.78 is 1.37. The third kappa shape index (κ3) is 2.41. The van der Waals surface area contributed by atoms with Gasteiger partial charge in [-0.05, 0) is 23.9 Å². The van der Waals surface area contributed by atoms with Crippen molar-refractivity contribution in [1.29, 1.82) is 0 Å². The standard InChI is InChI=1S/C14H17ClS/c1-3-6-12(15)10(2)14-9-11-7-4-5-8-13(11)16-14/h4-5,7-10,12H,3,6H2,1-2H3. The molecule has 1 aromatic carbocycles. The normalized spacial score (nSPS) is 15.2. The molecular formula is C14H17ClS. The zero-order valence-electron chi connectivity index (χ0n) is 9.74. The molecule has 2 aromatic rings. The molecule has 0 N–H and O–H groups in total. The second-order valence-corrected chi connectivity index (χ2v) is 5.96. The number of hydrogen-bond acceptors (Lipinski definition) is 1. The van der Waals surface area contributed by atoms with Gasteiger partial charge in [0.15, 0.2) is 0 Å². The fourth-order valence-corrected chi connectivity index (χ4v) is 3.54. The highest BCUT2D eigenvalue weighted by atomic mass is 35.5. The fraction of sp³-hybridized carbons (Fsp3) is 0.429. The minimum Gasteiger partial charge on any atom is -0.140 e. The first-order chi connectivity index (χ1) is 7.72. The van der Waals surface area contributed by atoms with Crippen molar-refractivity contribution in [1.82, 2.24) is 0 Å². The van der Waals surface area contributed by atoms with E-state index in [1.165, 1.54) is 15.0 Å². The third-order valence-electron chi connectivity index (χ3n) is 3.00. The van der Waals surface area contributed by atoms with Crippen LogP contribution in [0.1, 0.15) is 37.5 Å². The second kappa shape index (κ2) is 5.20. The van der Waals surface area contributed by atoms with E-state index in [-0.39, 0.29) is 5.38 Å². The van der Waals surface area contributed by atoms with Gasteiger partial charge in [-0.15, -0.1) is 22.9 Å². The van der Waals surface area contributed by atoms with Gasteiger partial charge in [-0.25, -0.2) is 0 Å². The lowest BCUT2D eigenvalue weighted by molar-refractivity contribution is 0.641. The number of alkyl halides is 1. The summed E-state index contributed by atoms with van der Waals surface area (Å²) >= 11 is 8.28. The molecular weight excluding hydrogens is 236 g/mol. The summed E-state index contributed by atoms with van der Waals surface area (Å²) in [5.74, 6) is 0.457. The molecule has 0 nitrogen and oxygen atoms in total. The van der Waals surface area contributed by atoms with Crippen LogP contribution in [-0.4, -0.2) is 5.38 Å². The molecule has 0 bridgehead atoms. The van der Waals surface area contributed by atoms with Crippen LogP contribution in [0.2, 0.25) is 0 Å². The van der Waals surface area contributed by atoms with E-state index in [4.69, 9.17) is 11.6 Å². The lowest BCUT2D eigenvalue weighted by Gasteiger charge is -2.15. The van der Waals surface area contributed by atoms with Gasteiger partial charge in [0, 0.05) is 20.9 Å². The molecule has 0 aliphatic carbocycles. The minimum absolute atomic E-state index is 0.262. The van der Waals surface area contributed by atoms with E-state index in [0.717, 1.165) is 12.8 Å². The maximum Gasteiger partial charge on any atom is 0.0409 e. The zero-order chi connectivity index (χ0) is 11.5. The van der Waals surface area contributed by atoms with Gasteiger partial charge in [-0.3, -0.25) is 0 Å². The molecule has 2 rings (SSSR count). The molecule has 86 valence electrons. The highest BCUT2D eigenvalue weighted by Gasteiger charge is 2.17. The maximum atomic E-state index is 6.40. The minimum atomic E-state index is 0.262. The first-order valence-corrected chi connectivity index (χ1v) is 7.10. The summed E-state index contributed by atoms with van der Waals surface area (Å²) in [5.41, 5.74) is 0. The Morgan fingerprint density at radius 3 is 2.75 bits per heavy atom. The van der Waals surface area contributed by atoms with Gasteiger partial charge in [0.1, 0.15) is 0 Å². The molecule has 0 spiro atoms. The molecule has 2 heteroatoms. The Hall–Kier alpha value is -0.530. The Balaban J connectivity index is 2.26. The predicted octanol–water partition coefficient (Wildman–Crippen LogP) is 5.41. The van der Waals surface area contributed by atoms with Gasteiger partial charge in [-0.1, -0.05) is 38.5 Å². The van der Waals surface area contributed by atoms with Crippen LogP contribution in [0.5, 0.6) is 0 Å². The molecule has 0 saturated carbocycles. The molecule has 0 radical (unpaired) electrons. The summed E-state index contributed by atoms with van der Waals surface area (Å²) in [4.78, 5) is 1.41. The molecule has 1 heterocycles. The summed E-state index contributed by atoms with van der Waals surface area (Å²) in [6, 6.07) is 10.8. The Morgan fingerprint density at radius 2 is 2.06 bits per heavy atom. The van der Waals surface area contributed by atoms with Crippen LogP contribution >= 0.6 is 22.9 Å². The molecule has 0 aliphatic rings. The van der Waals surface area contributed by atoms with Crippen LogP contribution in [0.4, 0.5) is 0 Å². The highest BCUT2D eigenvalue weighted by molar-refractivity contribution is 7.19. The van der Waals surface area contributed by atoms with Crippen molar-refractivity contribution >= 4 is 33.0 Å². The number of rotatable bonds is 4. The first-order valence-electron chi connectivity index (χ1n) is 5.85. The molecule has 2 unspecified atom stereocenters. The van der Waals surface area contributed by atoms with Crippen molar-refractivity contribution in [3.05, 3.63) is 35.2 Å². The number of benzene rings is 1. The van der Waals surface area contributed by atoms with E-state index in [2.05, 4.69) is 44.2 Å². The Bertz CT molecular complexity index is 427. The van der Waals surface area contributed by atoms with Crippen molar-refractivity contribution < 1.29 is 0 Å². The van der Waals surface area contributed by atoms with E-state index < -0.39 is 0 Å². The van der Waals surface area contributed by atoms with Crippen LogP contribution < -0.4 is 0 Å². The van der Waals surface area contributed by atoms with Crippen LogP contribution in [0.3, 0.4) is 0 Å². The van der Waals surface area contributed by atoms with Gasteiger partial charge in [0.25, 0.3) is 0 Å². The number of hydrogen-bond donors (Lipinski definition) is 0. The quantitative estimate of drug-likeness (QED) is 0.638. The molecule has 0 fully saturated rings. The van der Waals surface area contributed by atoms with E-state index in [0.29, 0.717) is 5.92 Å². The topological polar surface area (TPSA) is 0 Å². The van der Waals surface area contributed by atoms with Gasteiger partial charge >= 0.3 is 0 Å². The number of thiophene rings is 1. The summed E-state index contributed by atoms with van der Waals surface area (Å²) in [6.45, 7) is 4.42. The van der Waals surface area contributed by atoms with E-state index in [9.17, 15) is 0 Å². The van der Waals surface area contributed by atoms with Gasteiger partial charge < -0.3 is 0 Å². The van der Waals surface area contributed by atoms with Gasteiger partial charge in [0.05, 0.1) is 0 Å². The van der Waals surface area contributed by atoms with Crippen molar-refractivity contribution in [3.63, 3.8) is 0 Å². The Kier molecular flexibility index (Phi) is 3.88. The Labute approximate surface area is 106 Å². The van der Waals surface area contributed by atoms with Crippen molar-refractivity contribution in [2.24, 2.45) is 0 Å².